The Hall–Kier alpha value is -0.610. The normalized spacial score (nSPS) is 18.0. The van der Waals surface area contributed by atoms with E-state index in [2.05, 4.69) is 32.4 Å². The van der Waals surface area contributed by atoms with Crippen LogP contribution in [0.4, 0.5) is 4.39 Å². The highest BCUT2D eigenvalue weighted by molar-refractivity contribution is 9.10. The van der Waals surface area contributed by atoms with Gasteiger partial charge in [0.2, 0.25) is 0 Å². The average molecular weight is 360 g/mol. The van der Waals surface area contributed by atoms with Crippen molar-refractivity contribution in [2.24, 2.45) is 5.41 Å². The smallest absolute Gasteiger partial charge is 0.139 e. The molecule has 1 aromatic heterocycles. The minimum Gasteiger partial charge on any atom is -0.326 e. The Bertz CT molecular complexity index is 647. The Morgan fingerprint density at radius 3 is 2.75 bits per heavy atom. The fourth-order valence-corrected chi connectivity index (χ4v) is 3.75. The molecule has 0 N–H and O–H groups in total. The van der Waals surface area contributed by atoms with Gasteiger partial charge in [0, 0.05) is 12.6 Å². The largest absolute Gasteiger partial charge is 0.326 e. The number of nitrogens with zero attached hydrogens (tertiary/aromatic N) is 2. The number of fused-ring (bicyclic) bond motifs is 1. The fourth-order valence-electron chi connectivity index (χ4n) is 3.22. The standard InChI is InChI=1S/C15H17BrClFN2/c1-15(4-2-3-5-15)9-20-13-6-10(16)11(18)7-12(13)19-14(20)8-17/h6-7H,2-5,8-9H2,1H3. The van der Waals surface area contributed by atoms with E-state index >= 15 is 0 Å². The van der Waals surface area contributed by atoms with Crippen molar-refractivity contribution >= 4 is 38.6 Å². The summed E-state index contributed by atoms with van der Waals surface area (Å²) in [6, 6.07) is 3.29. The van der Waals surface area contributed by atoms with Crippen molar-refractivity contribution in [2.45, 2.75) is 45.0 Å². The molecule has 0 spiro atoms. The van der Waals surface area contributed by atoms with E-state index in [0.29, 0.717) is 21.3 Å². The lowest BCUT2D eigenvalue weighted by Crippen LogP contribution is -2.20. The molecule has 1 aliphatic rings. The van der Waals surface area contributed by atoms with E-state index in [1.54, 1.807) is 0 Å². The van der Waals surface area contributed by atoms with Crippen LogP contribution < -0.4 is 0 Å². The molecular formula is C15H17BrClFN2. The van der Waals surface area contributed by atoms with Crippen LogP contribution in [0.2, 0.25) is 0 Å². The molecule has 0 atom stereocenters. The van der Waals surface area contributed by atoms with Gasteiger partial charge in [-0.2, -0.15) is 0 Å². The molecule has 0 radical (unpaired) electrons. The second-order valence-electron chi connectivity index (χ2n) is 6.02. The van der Waals surface area contributed by atoms with Gasteiger partial charge in [-0.3, -0.25) is 0 Å². The highest BCUT2D eigenvalue weighted by Crippen LogP contribution is 2.40. The number of benzene rings is 1. The van der Waals surface area contributed by atoms with Gasteiger partial charge in [-0.15, -0.1) is 11.6 Å². The van der Waals surface area contributed by atoms with E-state index in [4.69, 9.17) is 11.6 Å². The number of halogens is 3. The Labute approximate surface area is 131 Å². The number of hydrogen-bond donors (Lipinski definition) is 0. The molecule has 0 aliphatic heterocycles. The fraction of sp³-hybridized carbons (Fsp3) is 0.533. The number of alkyl halides is 1. The van der Waals surface area contributed by atoms with E-state index in [-0.39, 0.29) is 5.82 Å². The second kappa shape index (κ2) is 5.30. The third-order valence-corrected chi connectivity index (χ3v) is 5.19. The van der Waals surface area contributed by atoms with Gasteiger partial charge < -0.3 is 4.57 Å². The van der Waals surface area contributed by atoms with Crippen LogP contribution in [-0.4, -0.2) is 9.55 Å². The zero-order valence-electron chi connectivity index (χ0n) is 11.4. The molecule has 0 amide bonds. The molecule has 3 rings (SSSR count). The summed E-state index contributed by atoms with van der Waals surface area (Å²) in [5.41, 5.74) is 1.94. The monoisotopic (exact) mass is 358 g/mol. The average Bonchev–Trinajstić information content (AvgIpc) is 2.96. The van der Waals surface area contributed by atoms with E-state index in [9.17, 15) is 4.39 Å². The summed E-state index contributed by atoms with van der Waals surface area (Å²) < 4.78 is 16.3. The molecule has 1 fully saturated rings. The van der Waals surface area contributed by atoms with Gasteiger partial charge in [0.15, 0.2) is 0 Å². The maximum absolute atomic E-state index is 13.6. The summed E-state index contributed by atoms with van der Waals surface area (Å²) in [6.45, 7) is 3.23. The highest BCUT2D eigenvalue weighted by Gasteiger charge is 2.30. The summed E-state index contributed by atoms with van der Waals surface area (Å²) in [4.78, 5) is 4.48. The number of hydrogen-bond acceptors (Lipinski definition) is 1. The van der Waals surface area contributed by atoms with Crippen LogP contribution in [0.25, 0.3) is 11.0 Å². The van der Waals surface area contributed by atoms with Crippen molar-refractivity contribution in [1.29, 1.82) is 0 Å². The predicted octanol–water partition coefficient (Wildman–Crippen LogP) is 5.26. The summed E-state index contributed by atoms with van der Waals surface area (Å²) in [6.07, 6.45) is 5.04. The van der Waals surface area contributed by atoms with Gasteiger partial charge in [-0.1, -0.05) is 19.8 Å². The van der Waals surface area contributed by atoms with Gasteiger partial charge in [-0.05, 0) is 40.3 Å². The molecule has 2 nitrogen and oxygen atoms in total. The molecule has 1 aromatic carbocycles. The van der Waals surface area contributed by atoms with E-state index in [1.165, 1.54) is 31.7 Å². The highest BCUT2D eigenvalue weighted by atomic mass is 79.9. The summed E-state index contributed by atoms with van der Waals surface area (Å²) >= 11 is 9.28. The molecular weight excluding hydrogens is 343 g/mol. The molecule has 0 bridgehead atoms. The molecule has 1 heterocycles. The lowest BCUT2D eigenvalue weighted by Gasteiger charge is -2.25. The topological polar surface area (TPSA) is 17.8 Å². The van der Waals surface area contributed by atoms with Gasteiger partial charge in [0.25, 0.3) is 0 Å². The number of imidazole rings is 1. The van der Waals surface area contributed by atoms with Crippen LogP contribution in [0, 0.1) is 11.2 Å². The Kier molecular flexibility index (Phi) is 3.80. The third-order valence-electron chi connectivity index (χ3n) is 4.34. The molecule has 1 aliphatic carbocycles. The number of aromatic nitrogens is 2. The van der Waals surface area contributed by atoms with Crippen LogP contribution in [0.1, 0.15) is 38.4 Å². The molecule has 0 unspecified atom stereocenters. The third kappa shape index (κ3) is 2.48. The maximum Gasteiger partial charge on any atom is 0.139 e. The molecule has 2 aromatic rings. The predicted molar refractivity (Wildman–Crippen MR) is 83.5 cm³/mol. The zero-order chi connectivity index (χ0) is 14.3. The second-order valence-corrected chi connectivity index (χ2v) is 7.14. The van der Waals surface area contributed by atoms with E-state index in [1.807, 2.05) is 6.07 Å². The van der Waals surface area contributed by atoms with Crippen molar-refractivity contribution in [3.05, 3.63) is 28.2 Å². The van der Waals surface area contributed by atoms with Crippen LogP contribution in [0.15, 0.2) is 16.6 Å². The quantitative estimate of drug-likeness (QED) is 0.684. The van der Waals surface area contributed by atoms with Crippen molar-refractivity contribution < 1.29 is 4.39 Å². The first kappa shape index (κ1) is 14.3. The van der Waals surface area contributed by atoms with Gasteiger partial charge in [0.1, 0.15) is 11.6 Å². The lowest BCUT2D eigenvalue weighted by molar-refractivity contribution is 0.282. The van der Waals surface area contributed by atoms with Crippen molar-refractivity contribution in [1.82, 2.24) is 9.55 Å². The summed E-state index contributed by atoms with van der Waals surface area (Å²) in [5.74, 6) is 0.895. The minimum atomic E-state index is -0.282. The SMILES string of the molecule is CC1(Cn2c(CCl)nc3cc(F)c(Br)cc32)CCCC1. The molecule has 1 saturated carbocycles. The molecule has 0 saturated heterocycles. The number of rotatable bonds is 3. The van der Waals surface area contributed by atoms with Gasteiger partial charge in [0.05, 0.1) is 21.4 Å². The maximum atomic E-state index is 13.6. The van der Waals surface area contributed by atoms with Crippen molar-refractivity contribution in [3.63, 3.8) is 0 Å². The zero-order valence-corrected chi connectivity index (χ0v) is 13.8. The van der Waals surface area contributed by atoms with Crippen LogP contribution in [0.5, 0.6) is 0 Å². The van der Waals surface area contributed by atoms with Crippen molar-refractivity contribution in [3.8, 4) is 0 Å². The summed E-state index contributed by atoms with van der Waals surface area (Å²) in [5, 5.41) is 0. The van der Waals surface area contributed by atoms with Crippen LogP contribution >= 0.6 is 27.5 Å². The first-order valence-electron chi connectivity index (χ1n) is 6.92. The van der Waals surface area contributed by atoms with E-state index in [0.717, 1.165) is 17.9 Å². The summed E-state index contributed by atoms with van der Waals surface area (Å²) in [7, 11) is 0. The Balaban J connectivity index is 2.10. The molecule has 5 heteroatoms. The lowest BCUT2D eigenvalue weighted by atomic mass is 9.89. The van der Waals surface area contributed by atoms with Crippen LogP contribution in [0.3, 0.4) is 0 Å². The molecule has 108 valence electrons. The Morgan fingerprint density at radius 2 is 2.10 bits per heavy atom. The molecule has 20 heavy (non-hydrogen) atoms. The Morgan fingerprint density at radius 1 is 1.40 bits per heavy atom. The van der Waals surface area contributed by atoms with Crippen molar-refractivity contribution in [2.75, 3.05) is 0 Å². The van der Waals surface area contributed by atoms with E-state index < -0.39 is 0 Å². The first-order chi connectivity index (χ1) is 9.52. The van der Waals surface area contributed by atoms with Gasteiger partial charge in [-0.25, -0.2) is 9.37 Å². The van der Waals surface area contributed by atoms with Crippen LogP contribution in [-0.2, 0) is 12.4 Å². The van der Waals surface area contributed by atoms with Gasteiger partial charge >= 0.3 is 0 Å². The minimum absolute atomic E-state index is 0.282. The first-order valence-corrected chi connectivity index (χ1v) is 8.25.